The van der Waals surface area contributed by atoms with E-state index >= 15 is 17.6 Å². The Bertz CT molecular complexity index is 6410. The lowest BCUT2D eigenvalue weighted by molar-refractivity contribution is -0.104. The Morgan fingerprint density at radius 3 is 1.44 bits per heavy atom. The summed E-state index contributed by atoms with van der Waals surface area (Å²) in [5, 5.41) is 14.6. The van der Waals surface area contributed by atoms with Gasteiger partial charge in [0.15, 0.2) is 106 Å². The van der Waals surface area contributed by atoms with Gasteiger partial charge in [-0.3, -0.25) is 37.4 Å². The van der Waals surface area contributed by atoms with Crippen LogP contribution in [0, 0.1) is 30.7 Å². The Hall–Kier alpha value is -12.5. The number of hydrogen-bond donors (Lipinski definition) is 5. The molecule has 17 rings (SSSR count). The number of fused-ring (bicyclic) bond motifs is 4. The predicted molar refractivity (Wildman–Crippen MR) is 486 cm³/mol. The fraction of sp³-hybridized carbons (Fsp3) is 0.391. The highest BCUT2D eigenvalue weighted by atomic mass is 31.2. The zero-order valence-electron chi connectivity index (χ0n) is 74.8. The van der Waals surface area contributed by atoms with Crippen LogP contribution < -0.4 is 31.2 Å². The Balaban J connectivity index is 0.000000193. The van der Waals surface area contributed by atoms with Crippen molar-refractivity contribution in [3.05, 3.63) is 273 Å². The summed E-state index contributed by atoms with van der Waals surface area (Å²) in [4.78, 5) is 95.4. The molecule has 0 saturated carbocycles. The van der Waals surface area contributed by atoms with E-state index in [0.29, 0.717) is 56.9 Å². The minimum Gasteiger partial charge on any atom is -0.497 e. The highest BCUT2D eigenvalue weighted by Crippen LogP contribution is 2.53. The number of amides is 2. The molecule has 714 valence electrons. The number of imidazole rings is 2. The van der Waals surface area contributed by atoms with Crippen LogP contribution in [0.25, 0.3) is 54.1 Å². The average Bonchev–Trinajstić information content (AvgIpc) is 1.27. The van der Waals surface area contributed by atoms with Gasteiger partial charge in [0.1, 0.15) is 78.2 Å². The summed E-state index contributed by atoms with van der Waals surface area (Å²) in [6, 6.07) is 41.1. The third-order valence-electron chi connectivity index (χ3n) is 23.2. The van der Waals surface area contributed by atoms with E-state index in [1.807, 2.05) is 60.7 Å². The number of anilines is 2. The van der Waals surface area contributed by atoms with Gasteiger partial charge in [0.25, 0.3) is 31.5 Å². The molecule has 5 N–H and O–H groups in total. The maximum absolute atomic E-state index is 18.3. The molecule has 18 atom stereocenters. The summed E-state index contributed by atoms with van der Waals surface area (Å²) in [5.41, 5.74) is 0.402. The molecule has 12 heterocycles. The van der Waals surface area contributed by atoms with Gasteiger partial charge in [-0.1, -0.05) is 112 Å². The highest BCUT2D eigenvalue weighted by Gasteiger charge is 2.55. The first-order chi connectivity index (χ1) is 65.8. The molecule has 0 spiro atoms. The normalized spacial score (nSPS) is 23.1. The molecular formula is C92H97F6N19O17P2. The molecule has 36 nitrogen and oxygen atoms in total. The summed E-state index contributed by atoms with van der Waals surface area (Å²) in [6.45, 7) is 27.8. The number of methoxy groups -OCH3 is 2. The summed E-state index contributed by atoms with van der Waals surface area (Å²) in [7, 11) is -0.981. The Morgan fingerprint density at radius 2 is 0.963 bits per heavy atom. The molecule has 5 aromatic carbocycles. The summed E-state index contributed by atoms with van der Waals surface area (Å²) < 4.78 is 175. The summed E-state index contributed by atoms with van der Waals surface area (Å²) in [5.74, 6) is -1.61. The predicted octanol–water partition coefficient (Wildman–Crippen LogP) is 14.9. The van der Waals surface area contributed by atoms with Crippen LogP contribution in [-0.2, 0) is 51.9 Å². The number of aromatic nitrogens is 14. The van der Waals surface area contributed by atoms with Crippen molar-refractivity contribution in [3.63, 3.8) is 0 Å². The fourth-order valence-electron chi connectivity index (χ4n) is 16.5. The third-order valence-corrected chi connectivity index (χ3v) is 26.5. The molecule has 8 aromatic heterocycles. The number of alkyl halides is 4. The maximum atomic E-state index is 18.3. The molecule has 0 aliphatic carbocycles. The van der Waals surface area contributed by atoms with Crippen molar-refractivity contribution in [1.82, 2.24) is 72.8 Å². The van der Waals surface area contributed by atoms with Crippen LogP contribution in [0.1, 0.15) is 124 Å². The number of nitrogens with one attached hydrogen (secondary N) is 4. The van der Waals surface area contributed by atoms with E-state index in [-0.39, 0.29) is 102 Å². The largest absolute Gasteiger partial charge is 0.497 e. The second-order valence-electron chi connectivity index (χ2n) is 32.3. The first-order valence-corrected chi connectivity index (χ1v) is 45.7. The van der Waals surface area contributed by atoms with Crippen LogP contribution in [0.5, 0.6) is 11.5 Å². The zero-order valence-corrected chi connectivity index (χ0v) is 76.6. The molecule has 0 bridgehead atoms. The van der Waals surface area contributed by atoms with Gasteiger partial charge in [-0.25, -0.2) is 84.0 Å². The van der Waals surface area contributed by atoms with Gasteiger partial charge >= 0.3 is 8.60 Å². The molecule has 0 radical (unpaired) electrons. The molecule has 4 aliphatic heterocycles. The van der Waals surface area contributed by atoms with Gasteiger partial charge in [-0.2, -0.15) is 0 Å². The number of rotatable bonds is 34. The van der Waals surface area contributed by atoms with Gasteiger partial charge in [0, 0.05) is 41.5 Å². The smallest absolute Gasteiger partial charge is 0.333 e. The third kappa shape index (κ3) is 20.6. The van der Waals surface area contributed by atoms with Crippen molar-refractivity contribution in [3.8, 4) is 11.5 Å². The topological polar surface area (TPSA) is 390 Å². The zero-order chi connectivity index (χ0) is 96.2. The number of aliphatic hydroxyl groups is 1. The van der Waals surface area contributed by atoms with Crippen LogP contribution in [-0.4, -0.2) is 223 Å². The minimum atomic E-state index is -2.59. The van der Waals surface area contributed by atoms with E-state index in [9.17, 15) is 33.1 Å². The molecule has 2 amide bonds. The van der Waals surface area contributed by atoms with Gasteiger partial charge in [0.05, 0.1) is 71.1 Å². The lowest BCUT2D eigenvalue weighted by Crippen LogP contribution is -2.44. The first kappa shape index (κ1) is 98.0. The first-order valence-electron chi connectivity index (χ1n) is 43.5. The number of hydrogen-bond acceptors (Lipinski definition) is 26. The number of benzene rings is 5. The molecule has 4 saturated heterocycles. The number of carbonyl (C=O) groups is 2. The van der Waals surface area contributed by atoms with E-state index in [0.717, 1.165) is 34.2 Å². The number of halogens is 6. The van der Waals surface area contributed by atoms with Gasteiger partial charge in [-0.05, 0) is 106 Å². The van der Waals surface area contributed by atoms with Crippen molar-refractivity contribution >= 4 is 85.0 Å². The molecule has 44 heteroatoms. The van der Waals surface area contributed by atoms with Crippen molar-refractivity contribution < 1.29 is 96.8 Å². The molecule has 136 heavy (non-hydrogen) atoms. The van der Waals surface area contributed by atoms with Gasteiger partial charge in [0.2, 0.25) is 13.1 Å². The fourth-order valence-corrected chi connectivity index (χ4v) is 19.3. The molecule has 4 fully saturated rings. The molecule has 13 aromatic rings. The van der Waals surface area contributed by atoms with Crippen molar-refractivity contribution in [2.75, 3.05) is 64.4 Å². The van der Waals surface area contributed by atoms with Gasteiger partial charge in [-0.15, -0.1) is 0 Å². The summed E-state index contributed by atoms with van der Waals surface area (Å²) >= 11 is 0. The molecular weight excluding hydrogens is 1820 g/mol. The van der Waals surface area contributed by atoms with E-state index in [1.165, 1.54) is 34.4 Å². The number of aromatic amines is 2. The van der Waals surface area contributed by atoms with Crippen LogP contribution in [0.15, 0.2) is 199 Å². The Kier molecular flexibility index (Phi) is 31.8. The Labute approximate surface area is 776 Å². The molecule has 4 aliphatic rings. The second-order valence-corrected chi connectivity index (χ2v) is 34.9. The lowest BCUT2D eigenvalue weighted by atomic mass is 9.79. The SMILES string of the molecule is CC[C@H]1O[C@@H](n2cc(F)c3c(=O)[nH]cnc32)[C@@H](F)C1O.[C-]#[N+]CCOP(OC[C@H]1O[C@@H](n2cnc3c(NC(=O)c4ccccc4)ncnc32)[C@@H](F)C1C)N(C(C)C)C(C)C.[C-]#[N+]CCOP(OC[C@H]1O[C@@H](n2cnc3c(NC(=O)c4ccccc4)ncnc32)[C@@H](F)C1OC(c1ccccc1)(c1ccc(OC)cc1)c1ccc(OC)cc1)OC1[C@@H](CC)O[C@@H](n2cc(F)c3c(=O)[nH]cnc32)[C@H]1F. The number of H-pyrrole nitrogens is 2. The number of carbonyl (C=O) groups excluding carboxylic acids is 2. The average molecular weight is 1920 g/mol. The van der Waals surface area contributed by atoms with E-state index < -0.39 is 156 Å². The monoisotopic (exact) mass is 1920 g/mol. The van der Waals surface area contributed by atoms with Crippen molar-refractivity contribution in [2.24, 2.45) is 5.92 Å². The number of ether oxygens (including phenoxy) is 7. The van der Waals surface area contributed by atoms with Crippen LogP contribution in [0.2, 0.25) is 0 Å². The standard InChI is InChI=1S/C53H49F3N9O10P.C27H35FN7O4P.C12H13F2N3O3/c1-5-38-45(42(56)51(72-38)64-26-37(54)40-47(64)59-29-61-50(40)67)75-76(70-25-24-57-2)71-27-39-44(41(55)52(73-39)65-30-62-43-46(58-28-60-48(43)65)63-49(66)31-12-8-6-9-13-31)74-53(32-14-10-7-11-15-32,33-16-20-35(68-3)21-17-33)34-18-22-36(69-4)23-19-34;1-17(2)35(18(3)4)40(37-13-12-29-6)38-14-21-19(5)22(28)27(39-21)34-16-32-23-24(30-15-31-25(23)34)33-26(36)20-10-8-7-9-11-20;1-2-6-9(18)8(14)12(20-6)17-3-5(13)7-10(17)15-4-16-11(7)19/h6-23,26,28-30,38-39,41-42,44-45,51-52H,5,24-25,27H2,1,3-4H3,(H,59,61,67)(H,58,60,63,66);7-11,15-19,21-22,27H,12-14H2,1-5H3,(H,30,31,33,36);3-4,6,8-9,12,18H,2H2,1H3,(H,15,16,19)/t38-,39-,41+,42+,44?,45?,51-,52-,76?;19?,21-,22+,27-,40?;6-,8+,9?,12-/m111/s1. The van der Waals surface area contributed by atoms with Gasteiger partial charge < -0.3 is 91.2 Å². The molecule has 6 unspecified atom stereocenters. The lowest BCUT2D eigenvalue weighted by Gasteiger charge is -2.39. The van der Waals surface area contributed by atoms with E-state index in [4.69, 9.17) is 68.9 Å². The highest BCUT2D eigenvalue weighted by molar-refractivity contribution is 7.44. The number of aliphatic hydroxyl groups excluding tert-OH is 1. The number of nitrogens with zero attached hydrogens (tertiary/aromatic N) is 15. The maximum Gasteiger partial charge on any atom is 0.333 e. The van der Waals surface area contributed by atoms with E-state index in [1.54, 1.807) is 114 Å². The van der Waals surface area contributed by atoms with Crippen LogP contribution >= 0.6 is 17.1 Å². The van der Waals surface area contributed by atoms with Crippen LogP contribution in [0.3, 0.4) is 0 Å². The minimum absolute atomic E-state index is 0.0112. The Morgan fingerprint density at radius 1 is 0.529 bits per heavy atom. The van der Waals surface area contributed by atoms with Crippen LogP contribution in [0.4, 0.5) is 38.0 Å². The van der Waals surface area contributed by atoms with E-state index in [2.05, 4.69) is 103 Å². The summed E-state index contributed by atoms with van der Waals surface area (Å²) in [6.07, 6.45) is -9.92. The van der Waals surface area contributed by atoms with Crippen molar-refractivity contribution in [1.29, 1.82) is 0 Å². The second kappa shape index (κ2) is 44.1. The quantitative estimate of drug-likeness (QED) is 0.00822. The van der Waals surface area contributed by atoms with Crippen molar-refractivity contribution in [2.45, 2.75) is 171 Å².